The van der Waals surface area contributed by atoms with Crippen LogP contribution in [-0.2, 0) is 16.0 Å². The predicted molar refractivity (Wildman–Crippen MR) is 107 cm³/mol. The van der Waals surface area contributed by atoms with E-state index in [4.69, 9.17) is 14.2 Å². The third kappa shape index (κ3) is 4.68. The summed E-state index contributed by atoms with van der Waals surface area (Å²) in [5, 5.41) is 2.88. The Labute approximate surface area is 169 Å². The summed E-state index contributed by atoms with van der Waals surface area (Å²) in [7, 11) is 0. The molecule has 0 aromatic heterocycles. The highest BCUT2D eigenvalue weighted by atomic mass is 16.7. The summed E-state index contributed by atoms with van der Waals surface area (Å²) in [5.41, 5.74) is 2.19. The van der Waals surface area contributed by atoms with Gasteiger partial charge in [0.2, 0.25) is 12.7 Å². The first-order chi connectivity index (χ1) is 14.1. The molecule has 1 N–H and O–H groups in total. The molecule has 0 radical (unpaired) electrons. The molecule has 7 heteroatoms. The number of nitrogens with one attached hydrogen (secondary N) is 1. The number of hydrogen-bond donors (Lipinski definition) is 1. The van der Waals surface area contributed by atoms with Gasteiger partial charge in [0.1, 0.15) is 0 Å². The Morgan fingerprint density at radius 1 is 1.14 bits per heavy atom. The van der Waals surface area contributed by atoms with Crippen molar-refractivity contribution >= 4 is 17.5 Å². The monoisotopic (exact) mass is 396 g/mol. The minimum absolute atomic E-state index is 0.0340. The van der Waals surface area contributed by atoms with Gasteiger partial charge in [-0.3, -0.25) is 9.59 Å². The Morgan fingerprint density at radius 3 is 2.86 bits per heavy atom. The molecule has 29 heavy (non-hydrogen) atoms. The fourth-order valence-electron chi connectivity index (χ4n) is 3.49. The van der Waals surface area contributed by atoms with Crippen molar-refractivity contribution < 1.29 is 23.8 Å². The van der Waals surface area contributed by atoms with Gasteiger partial charge in [0.05, 0.1) is 12.7 Å². The molecule has 7 nitrogen and oxygen atoms in total. The number of morpholine rings is 1. The van der Waals surface area contributed by atoms with Crippen LogP contribution < -0.4 is 14.8 Å². The van der Waals surface area contributed by atoms with E-state index in [1.54, 1.807) is 29.2 Å². The summed E-state index contributed by atoms with van der Waals surface area (Å²) in [6, 6.07) is 12.8. The maximum Gasteiger partial charge on any atom is 0.254 e. The quantitative estimate of drug-likeness (QED) is 0.841. The number of rotatable bonds is 5. The number of fused-ring (bicyclic) bond motifs is 1. The van der Waals surface area contributed by atoms with E-state index < -0.39 is 0 Å². The van der Waals surface area contributed by atoms with Crippen LogP contribution in [0.1, 0.15) is 29.3 Å². The Hall–Kier alpha value is -3.06. The first kappa shape index (κ1) is 19.3. The van der Waals surface area contributed by atoms with E-state index >= 15 is 0 Å². The van der Waals surface area contributed by atoms with Gasteiger partial charge >= 0.3 is 0 Å². The van der Waals surface area contributed by atoms with Crippen LogP contribution in [0.2, 0.25) is 0 Å². The highest BCUT2D eigenvalue weighted by Crippen LogP contribution is 2.32. The maximum absolute atomic E-state index is 12.7. The minimum Gasteiger partial charge on any atom is -0.454 e. The van der Waals surface area contributed by atoms with Gasteiger partial charge in [0.15, 0.2) is 11.5 Å². The molecule has 2 aliphatic heterocycles. The highest BCUT2D eigenvalue weighted by Gasteiger charge is 2.22. The molecule has 0 saturated carbocycles. The number of nitrogens with zero attached hydrogens (tertiary/aromatic N) is 1. The normalized spacial score (nSPS) is 17.8. The lowest BCUT2D eigenvalue weighted by Gasteiger charge is -2.31. The van der Waals surface area contributed by atoms with Crippen LogP contribution >= 0.6 is 0 Å². The second-order valence-electron chi connectivity index (χ2n) is 7.25. The van der Waals surface area contributed by atoms with E-state index in [0.29, 0.717) is 49.5 Å². The van der Waals surface area contributed by atoms with Crippen molar-refractivity contribution in [1.82, 2.24) is 4.90 Å². The zero-order valence-corrected chi connectivity index (χ0v) is 16.3. The van der Waals surface area contributed by atoms with Crippen LogP contribution in [0.15, 0.2) is 42.5 Å². The second-order valence-corrected chi connectivity index (χ2v) is 7.25. The summed E-state index contributed by atoms with van der Waals surface area (Å²) < 4.78 is 16.2. The first-order valence-electron chi connectivity index (χ1n) is 9.78. The largest absolute Gasteiger partial charge is 0.454 e. The molecule has 4 rings (SSSR count). The number of aryl methyl sites for hydroxylation is 1. The van der Waals surface area contributed by atoms with E-state index in [0.717, 1.165) is 11.3 Å². The van der Waals surface area contributed by atoms with Gasteiger partial charge in [-0.2, -0.15) is 0 Å². The van der Waals surface area contributed by atoms with Gasteiger partial charge in [-0.05, 0) is 49.2 Å². The van der Waals surface area contributed by atoms with E-state index in [-0.39, 0.29) is 24.7 Å². The summed E-state index contributed by atoms with van der Waals surface area (Å²) in [6.07, 6.45) is 0.956. The van der Waals surface area contributed by atoms with Crippen molar-refractivity contribution in [2.45, 2.75) is 25.9 Å². The summed E-state index contributed by atoms with van der Waals surface area (Å²) in [6.45, 7) is 3.89. The fourth-order valence-corrected chi connectivity index (χ4v) is 3.49. The molecule has 2 aromatic rings. The summed E-state index contributed by atoms with van der Waals surface area (Å²) in [4.78, 5) is 26.9. The lowest BCUT2D eigenvalue weighted by Crippen LogP contribution is -2.44. The van der Waals surface area contributed by atoms with Crippen molar-refractivity contribution in [3.05, 3.63) is 53.6 Å². The topological polar surface area (TPSA) is 77.1 Å². The van der Waals surface area contributed by atoms with Crippen molar-refractivity contribution in [3.63, 3.8) is 0 Å². The third-order valence-electron chi connectivity index (χ3n) is 5.00. The number of ether oxygens (including phenoxy) is 3. The lowest BCUT2D eigenvalue weighted by molar-refractivity contribution is -0.116. The van der Waals surface area contributed by atoms with Gasteiger partial charge in [0.25, 0.3) is 5.91 Å². The van der Waals surface area contributed by atoms with Crippen molar-refractivity contribution in [2.75, 3.05) is 31.8 Å². The molecule has 2 aliphatic rings. The Kier molecular flexibility index (Phi) is 5.67. The number of anilines is 1. The third-order valence-corrected chi connectivity index (χ3v) is 5.00. The van der Waals surface area contributed by atoms with Gasteiger partial charge in [-0.15, -0.1) is 0 Å². The Balaban J connectivity index is 1.33. The molecule has 2 heterocycles. The summed E-state index contributed by atoms with van der Waals surface area (Å²) in [5.74, 6) is 1.30. The molecule has 152 valence electrons. The van der Waals surface area contributed by atoms with Crippen LogP contribution in [0.5, 0.6) is 11.5 Å². The molecule has 1 unspecified atom stereocenters. The average Bonchev–Trinajstić information content (AvgIpc) is 3.20. The number of benzene rings is 2. The van der Waals surface area contributed by atoms with Gasteiger partial charge < -0.3 is 24.4 Å². The lowest BCUT2D eigenvalue weighted by atomic mass is 10.1. The zero-order chi connectivity index (χ0) is 20.2. The average molecular weight is 396 g/mol. The van der Waals surface area contributed by atoms with Crippen LogP contribution in [0.3, 0.4) is 0 Å². The minimum atomic E-state index is -0.104. The van der Waals surface area contributed by atoms with E-state index in [9.17, 15) is 9.59 Å². The van der Waals surface area contributed by atoms with Crippen LogP contribution in [0.25, 0.3) is 0 Å². The second kappa shape index (κ2) is 8.53. The number of amides is 2. The molecule has 1 fully saturated rings. The predicted octanol–water partition coefficient (Wildman–Crippen LogP) is 2.85. The van der Waals surface area contributed by atoms with Crippen LogP contribution in [0.4, 0.5) is 5.69 Å². The molecule has 1 atom stereocenters. The first-order valence-corrected chi connectivity index (χ1v) is 9.78. The molecule has 2 amide bonds. The molecule has 1 saturated heterocycles. The van der Waals surface area contributed by atoms with Gasteiger partial charge in [0, 0.05) is 30.8 Å². The Bertz CT molecular complexity index is 914. The standard InChI is InChI=1S/C22H24N2O5/c1-15-13-24(9-10-27-15)22(26)17-3-2-4-18(12-17)23-21(25)8-6-16-5-7-19-20(11-16)29-14-28-19/h2-5,7,11-12,15H,6,8-10,13-14H2,1H3,(H,23,25). The highest BCUT2D eigenvalue weighted by molar-refractivity contribution is 5.97. The zero-order valence-electron chi connectivity index (χ0n) is 16.3. The van der Waals surface area contributed by atoms with E-state index in [1.807, 2.05) is 25.1 Å². The van der Waals surface area contributed by atoms with Crippen LogP contribution in [0, 0.1) is 0 Å². The van der Waals surface area contributed by atoms with Gasteiger partial charge in [-0.1, -0.05) is 12.1 Å². The maximum atomic E-state index is 12.7. The van der Waals surface area contributed by atoms with Crippen LogP contribution in [-0.4, -0.2) is 49.3 Å². The molecular weight excluding hydrogens is 372 g/mol. The molecule has 0 spiro atoms. The number of carbonyl (C=O) groups is 2. The van der Waals surface area contributed by atoms with Crippen molar-refractivity contribution in [2.24, 2.45) is 0 Å². The Morgan fingerprint density at radius 2 is 2.00 bits per heavy atom. The van der Waals surface area contributed by atoms with Crippen molar-refractivity contribution in [3.8, 4) is 11.5 Å². The smallest absolute Gasteiger partial charge is 0.254 e. The summed E-state index contributed by atoms with van der Waals surface area (Å²) >= 11 is 0. The SMILES string of the molecule is CC1CN(C(=O)c2cccc(NC(=O)CCc3ccc4c(c3)OCO4)c2)CCO1. The number of carbonyl (C=O) groups excluding carboxylic acids is 2. The molecular formula is C22H24N2O5. The van der Waals surface area contributed by atoms with Crippen molar-refractivity contribution in [1.29, 1.82) is 0 Å². The molecule has 0 bridgehead atoms. The fraction of sp³-hybridized carbons (Fsp3) is 0.364. The van der Waals surface area contributed by atoms with E-state index in [2.05, 4.69) is 5.32 Å². The molecule has 0 aliphatic carbocycles. The number of hydrogen-bond acceptors (Lipinski definition) is 5. The van der Waals surface area contributed by atoms with E-state index in [1.165, 1.54) is 0 Å². The molecule has 2 aromatic carbocycles. The van der Waals surface area contributed by atoms with Gasteiger partial charge in [-0.25, -0.2) is 0 Å².